The minimum atomic E-state index is -0.697. The summed E-state index contributed by atoms with van der Waals surface area (Å²) in [5, 5.41) is 13.9. The number of benzene rings is 1. The molecule has 3 rings (SSSR count). The molecule has 6 nitrogen and oxygen atoms in total. The second-order valence-corrected chi connectivity index (χ2v) is 10.4. The number of aliphatic hydroxyl groups excluding tert-OH is 1. The third kappa shape index (κ3) is 4.97. The molecule has 32 heavy (non-hydrogen) atoms. The minimum Gasteiger partial charge on any atom is -0.395 e. The van der Waals surface area contributed by atoms with Crippen molar-refractivity contribution >= 4 is 23.4 Å². The maximum Gasteiger partial charge on any atom is 0.251 e. The third-order valence-corrected chi connectivity index (χ3v) is 6.84. The van der Waals surface area contributed by atoms with Gasteiger partial charge in [0.25, 0.3) is 5.91 Å². The molecule has 0 aliphatic carbocycles. The molecule has 1 aliphatic rings. The molecular weight excluding hydrogens is 426 g/mol. The van der Waals surface area contributed by atoms with Gasteiger partial charge < -0.3 is 15.3 Å². The smallest absolute Gasteiger partial charge is 0.251 e. The number of hydrogen-bond acceptors (Lipinski definition) is 4. The number of likely N-dealkylation sites (tertiary alicyclic amines) is 1. The predicted molar refractivity (Wildman–Crippen MR) is 126 cm³/mol. The van der Waals surface area contributed by atoms with Gasteiger partial charge in [0.1, 0.15) is 0 Å². The molecule has 2 amide bonds. The molecular formula is C25H32ClN3O3. The lowest BCUT2D eigenvalue weighted by Gasteiger charge is -2.52. The van der Waals surface area contributed by atoms with Crippen LogP contribution in [-0.2, 0) is 10.2 Å². The summed E-state index contributed by atoms with van der Waals surface area (Å²) in [5.74, 6) is -0.220. The van der Waals surface area contributed by atoms with Crippen LogP contribution in [0.15, 0.2) is 48.7 Å². The Labute approximate surface area is 195 Å². The molecule has 7 heteroatoms. The molecule has 0 saturated carbocycles. The summed E-state index contributed by atoms with van der Waals surface area (Å²) >= 11 is 6.00. The van der Waals surface area contributed by atoms with Crippen LogP contribution in [0.25, 0.3) is 0 Å². The van der Waals surface area contributed by atoms with Crippen molar-refractivity contribution in [1.29, 1.82) is 0 Å². The first kappa shape index (κ1) is 24.2. The van der Waals surface area contributed by atoms with Gasteiger partial charge in [0.2, 0.25) is 5.91 Å². The Bertz CT molecular complexity index is 960. The third-order valence-electron chi connectivity index (χ3n) is 6.61. The van der Waals surface area contributed by atoms with Gasteiger partial charge in [0, 0.05) is 47.9 Å². The van der Waals surface area contributed by atoms with Gasteiger partial charge in [-0.25, -0.2) is 0 Å². The second kappa shape index (κ2) is 9.20. The fourth-order valence-corrected chi connectivity index (χ4v) is 4.71. The number of aliphatic hydroxyl groups is 1. The number of halogens is 1. The molecule has 1 unspecified atom stereocenters. The first-order valence-electron chi connectivity index (χ1n) is 10.9. The molecule has 1 saturated heterocycles. The van der Waals surface area contributed by atoms with Crippen LogP contribution in [0.5, 0.6) is 0 Å². The zero-order chi connectivity index (χ0) is 23.6. The van der Waals surface area contributed by atoms with Crippen LogP contribution in [0, 0.1) is 5.41 Å². The Morgan fingerprint density at radius 3 is 2.44 bits per heavy atom. The number of rotatable bonds is 6. The van der Waals surface area contributed by atoms with Crippen molar-refractivity contribution in [2.24, 2.45) is 5.41 Å². The van der Waals surface area contributed by atoms with Gasteiger partial charge in [0.05, 0.1) is 11.6 Å². The zero-order valence-electron chi connectivity index (χ0n) is 19.2. The predicted octanol–water partition coefficient (Wildman–Crippen LogP) is 3.82. The average molecular weight is 458 g/mol. The number of aromatic nitrogens is 1. The first-order valence-corrected chi connectivity index (χ1v) is 11.3. The lowest BCUT2D eigenvalue weighted by Crippen LogP contribution is -2.59. The molecule has 1 aromatic heterocycles. The van der Waals surface area contributed by atoms with Crippen molar-refractivity contribution in [2.45, 2.75) is 51.5 Å². The van der Waals surface area contributed by atoms with Crippen LogP contribution in [0.2, 0.25) is 5.02 Å². The normalized spacial score (nSPS) is 20.6. The van der Waals surface area contributed by atoms with Gasteiger partial charge in [-0.1, -0.05) is 43.6 Å². The molecule has 0 bridgehead atoms. The van der Waals surface area contributed by atoms with E-state index in [9.17, 15) is 14.7 Å². The summed E-state index contributed by atoms with van der Waals surface area (Å²) in [7, 11) is 0. The first-order chi connectivity index (χ1) is 15.0. The topological polar surface area (TPSA) is 82.5 Å². The fourth-order valence-electron chi connectivity index (χ4n) is 4.60. The second-order valence-electron chi connectivity index (χ2n) is 9.93. The monoisotopic (exact) mass is 457 g/mol. The lowest BCUT2D eigenvalue weighted by atomic mass is 9.59. The van der Waals surface area contributed by atoms with Crippen LogP contribution >= 0.6 is 11.6 Å². The highest BCUT2D eigenvalue weighted by molar-refractivity contribution is 6.30. The SMILES string of the molecule is CC(C)(CC(=O)N1CCC(CO)(c2ccc(Cl)cn2)C(C)(C)C1)NC(=O)c1ccccc1. The van der Waals surface area contributed by atoms with Gasteiger partial charge >= 0.3 is 0 Å². The maximum atomic E-state index is 13.2. The highest BCUT2D eigenvalue weighted by atomic mass is 35.5. The Kier molecular flexibility index (Phi) is 6.96. The Morgan fingerprint density at radius 2 is 1.88 bits per heavy atom. The van der Waals surface area contributed by atoms with Crippen molar-refractivity contribution in [3.05, 3.63) is 64.9 Å². The largest absolute Gasteiger partial charge is 0.395 e. The summed E-state index contributed by atoms with van der Waals surface area (Å²) < 4.78 is 0. The van der Waals surface area contributed by atoms with Crippen LogP contribution in [0.3, 0.4) is 0 Å². The van der Waals surface area contributed by atoms with Gasteiger partial charge in [-0.3, -0.25) is 14.6 Å². The molecule has 2 N–H and O–H groups in total. The van der Waals surface area contributed by atoms with Crippen molar-refractivity contribution in [3.63, 3.8) is 0 Å². The Morgan fingerprint density at radius 1 is 1.19 bits per heavy atom. The minimum absolute atomic E-state index is 0.0213. The van der Waals surface area contributed by atoms with Gasteiger partial charge in [-0.15, -0.1) is 0 Å². The summed E-state index contributed by atoms with van der Waals surface area (Å²) in [6, 6.07) is 12.6. The number of nitrogens with zero attached hydrogens (tertiary/aromatic N) is 2. The number of nitrogens with one attached hydrogen (secondary N) is 1. The van der Waals surface area contributed by atoms with Crippen molar-refractivity contribution in [1.82, 2.24) is 15.2 Å². The molecule has 1 atom stereocenters. The van der Waals surface area contributed by atoms with E-state index in [0.717, 1.165) is 5.69 Å². The molecule has 0 spiro atoms. The maximum absolute atomic E-state index is 13.2. The Hall–Kier alpha value is -2.44. The van der Waals surface area contributed by atoms with Gasteiger partial charge in [-0.05, 0) is 49.9 Å². The fraction of sp³-hybridized carbons (Fsp3) is 0.480. The van der Waals surface area contributed by atoms with Crippen LogP contribution in [-0.4, -0.2) is 52.0 Å². The molecule has 2 aromatic rings. The number of carbonyl (C=O) groups is 2. The quantitative estimate of drug-likeness (QED) is 0.690. The average Bonchev–Trinajstić information content (AvgIpc) is 2.74. The molecule has 1 aromatic carbocycles. The molecule has 172 valence electrons. The molecule has 1 fully saturated rings. The number of carbonyl (C=O) groups excluding carboxylic acids is 2. The summed E-state index contributed by atoms with van der Waals surface area (Å²) in [4.78, 5) is 32.0. The number of hydrogen-bond donors (Lipinski definition) is 2. The van der Waals surface area contributed by atoms with E-state index in [2.05, 4.69) is 24.1 Å². The van der Waals surface area contributed by atoms with E-state index in [1.54, 1.807) is 24.4 Å². The molecule has 2 heterocycles. The number of piperidine rings is 1. The molecule has 1 aliphatic heterocycles. The van der Waals surface area contributed by atoms with Crippen molar-refractivity contribution in [2.75, 3.05) is 19.7 Å². The van der Waals surface area contributed by atoms with E-state index in [4.69, 9.17) is 11.6 Å². The van der Waals surface area contributed by atoms with Crippen molar-refractivity contribution < 1.29 is 14.7 Å². The summed E-state index contributed by atoms with van der Waals surface area (Å²) in [5.41, 5.74) is -0.316. The van der Waals surface area contributed by atoms with Crippen molar-refractivity contribution in [3.8, 4) is 0 Å². The van der Waals surface area contributed by atoms with E-state index >= 15 is 0 Å². The molecule has 0 radical (unpaired) electrons. The van der Waals surface area contributed by atoms with Crippen LogP contribution in [0.1, 0.15) is 56.6 Å². The standard InChI is InChI=1S/C25H32ClN3O3/c1-23(2)16-29(13-12-25(23,17-30)20-11-10-19(26)15-27-20)21(31)14-24(3,4)28-22(32)18-8-6-5-7-9-18/h5-11,15,30H,12-14,16-17H2,1-4H3,(H,28,32). The van der Waals surface area contributed by atoms with E-state index in [-0.39, 0.29) is 24.8 Å². The van der Waals surface area contributed by atoms with Gasteiger partial charge in [-0.2, -0.15) is 0 Å². The van der Waals surface area contributed by atoms with E-state index < -0.39 is 16.4 Å². The van der Waals surface area contributed by atoms with Gasteiger partial charge in [0.15, 0.2) is 0 Å². The highest BCUT2D eigenvalue weighted by Gasteiger charge is 2.51. The summed E-state index contributed by atoms with van der Waals surface area (Å²) in [6.45, 7) is 8.76. The summed E-state index contributed by atoms with van der Waals surface area (Å²) in [6.07, 6.45) is 2.38. The van der Waals surface area contributed by atoms with E-state index in [1.165, 1.54) is 0 Å². The van der Waals surface area contributed by atoms with E-state index in [1.807, 2.05) is 43.0 Å². The van der Waals surface area contributed by atoms with Crippen LogP contribution < -0.4 is 5.32 Å². The Balaban J connectivity index is 1.70. The lowest BCUT2D eigenvalue weighted by molar-refractivity contribution is -0.138. The van der Waals surface area contributed by atoms with Crippen LogP contribution in [0.4, 0.5) is 0 Å². The van der Waals surface area contributed by atoms with E-state index in [0.29, 0.717) is 30.1 Å². The number of pyridine rings is 1. The highest BCUT2D eigenvalue weighted by Crippen LogP contribution is 2.47. The number of amides is 2. The zero-order valence-corrected chi connectivity index (χ0v) is 19.9.